The predicted molar refractivity (Wildman–Crippen MR) is 63.7 cm³/mol. The molecule has 7 heteroatoms. The summed E-state index contributed by atoms with van der Waals surface area (Å²) in [6, 6.07) is 4.44. The number of thiocarbonyl (C=S) groups is 1. The summed E-state index contributed by atoms with van der Waals surface area (Å²) in [6.07, 6.45) is 0. The average molecular weight is 234 g/mol. The van der Waals surface area contributed by atoms with Crippen molar-refractivity contribution in [2.24, 2.45) is 5.10 Å². The van der Waals surface area contributed by atoms with Gasteiger partial charge in [0.2, 0.25) is 0 Å². The van der Waals surface area contributed by atoms with E-state index >= 15 is 0 Å². The molecule has 6 nitrogen and oxygen atoms in total. The van der Waals surface area contributed by atoms with Gasteiger partial charge in [0.1, 0.15) is 0 Å². The van der Waals surface area contributed by atoms with E-state index in [1.165, 1.54) is 18.2 Å². The minimum Gasteiger partial charge on any atom is -0.399 e. The lowest BCUT2D eigenvalue weighted by molar-refractivity contribution is 0.687. The third-order valence-corrected chi connectivity index (χ3v) is 2.14. The third-order valence-electron chi connectivity index (χ3n) is 2.06. The number of benzene rings is 1. The SMILES string of the molecule is Nc1ccc2c(=O)n(N=C=S)[nH]c(=O)c2c1. The highest BCUT2D eigenvalue weighted by Crippen LogP contribution is 2.09. The Labute approximate surface area is 94.0 Å². The maximum Gasteiger partial charge on any atom is 0.294 e. The molecule has 0 saturated heterocycles. The maximum atomic E-state index is 11.8. The van der Waals surface area contributed by atoms with E-state index in [4.69, 9.17) is 5.73 Å². The Morgan fingerprint density at radius 1 is 1.38 bits per heavy atom. The Morgan fingerprint density at radius 2 is 2.12 bits per heavy atom. The Bertz CT molecular complexity index is 724. The fraction of sp³-hybridized carbons (Fsp3) is 0. The van der Waals surface area contributed by atoms with E-state index in [1.807, 2.05) is 5.16 Å². The van der Waals surface area contributed by atoms with Gasteiger partial charge in [0.05, 0.1) is 15.9 Å². The molecule has 2 rings (SSSR count). The molecule has 1 aromatic heterocycles. The van der Waals surface area contributed by atoms with Crippen LogP contribution in [0, 0.1) is 0 Å². The molecule has 0 aliphatic carbocycles. The summed E-state index contributed by atoms with van der Waals surface area (Å²) < 4.78 is 0. The molecule has 80 valence electrons. The van der Waals surface area contributed by atoms with E-state index < -0.39 is 11.1 Å². The highest BCUT2D eigenvalue weighted by molar-refractivity contribution is 7.78. The number of isothiocyanates is 1. The molecule has 16 heavy (non-hydrogen) atoms. The second kappa shape index (κ2) is 3.73. The lowest BCUT2D eigenvalue weighted by atomic mass is 10.2. The zero-order valence-corrected chi connectivity index (χ0v) is 8.75. The Balaban J connectivity index is 3.01. The molecule has 0 atom stereocenters. The lowest BCUT2D eigenvalue weighted by Crippen LogP contribution is -2.27. The quantitative estimate of drug-likeness (QED) is 0.417. The van der Waals surface area contributed by atoms with E-state index in [0.717, 1.165) is 4.79 Å². The highest BCUT2D eigenvalue weighted by Gasteiger charge is 2.06. The Kier molecular flexibility index (Phi) is 2.40. The monoisotopic (exact) mass is 234 g/mol. The van der Waals surface area contributed by atoms with Gasteiger partial charge >= 0.3 is 0 Å². The molecular formula is C9H6N4O2S. The first-order valence-electron chi connectivity index (χ1n) is 4.26. The fourth-order valence-corrected chi connectivity index (χ4v) is 1.45. The number of nitrogens with two attached hydrogens (primary N) is 1. The second-order valence-electron chi connectivity index (χ2n) is 3.05. The molecule has 0 aliphatic heterocycles. The molecule has 0 fully saturated rings. The second-order valence-corrected chi connectivity index (χ2v) is 3.24. The van der Waals surface area contributed by atoms with Crippen molar-refractivity contribution in [3.8, 4) is 0 Å². The van der Waals surface area contributed by atoms with Gasteiger partial charge in [-0.1, -0.05) is 5.10 Å². The van der Waals surface area contributed by atoms with Crippen LogP contribution in [0.1, 0.15) is 0 Å². The van der Waals surface area contributed by atoms with Crippen molar-refractivity contribution >= 4 is 33.8 Å². The van der Waals surface area contributed by atoms with Gasteiger partial charge in [-0.25, -0.2) is 5.10 Å². The van der Waals surface area contributed by atoms with Crippen LogP contribution in [0.5, 0.6) is 0 Å². The third kappa shape index (κ3) is 1.54. The van der Waals surface area contributed by atoms with Gasteiger partial charge < -0.3 is 5.73 Å². The fourth-order valence-electron chi connectivity index (χ4n) is 1.37. The van der Waals surface area contributed by atoms with Crippen LogP contribution in [-0.4, -0.2) is 15.1 Å². The van der Waals surface area contributed by atoms with Crippen LogP contribution in [0.25, 0.3) is 10.8 Å². The smallest absolute Gasteiger partial charge is 0.294 e. The van der Waals surface area contributed by atoms with Crippen LogP contribution in [0.4, 0.5) is 5.69 Å². The standard InChI is InChI=1S/C9H6N4O2S/c10-5-1-2-6-7(3-5)8(14)12-13(9(6)15)11-4-16/h1-3H,10H2,(H,12,14). The Morgan fingerprint density at radius 3 is 2.81 bits per heavy atom. The molecule has 1 heterocycles. The van der Waals surface area contributed by atoms with Gasteiger partial charge in [-0.2, -0.15) is 0 Å². The number of fused-ring (bicyclic) bond motifs is 1. The zero-order valence-electron chi connectivity index (χ0n) is 7.93. The van der Waals surface area contributed by atoms with Crippen LogP contribution in [0.3, 0.4) is 0 Å². The summed E-state index contributed by atoms with van der Waals surface area (Å²) in [6.45, 7) is 0. The number of hydrogen-bond donors (Lipinski definition) is 2. The molecule has 0 saturated carbocycles. The van der Waals surface area contributed by atoms with Crippen LogP contribution in [0.2, 0.25) is 0 Å². The number of nitrogen functional groups attached to an aromatic ring is 1. The summed E-state index contributed by atoms with van der Waals surface area (Å²) >= 11 is 4.36. The van der Waals surface area contributed by atoms with Crippen molar-refractivity contribution in [2.45, 2.75) is 0 Å². The van der Waals surface area contributed by atoms with Crippen LogP contribution in [0.15, 0.2) is 32.9 Å². The minimum atomic E-state index is -0.480. The number of aromatic amines is 1. The summed E-state index contributed by atoms with van der Waals surface area (Å²) in [5, 5.41) is 8.12. The van der Waals surface area contributed by atoms with E-state index in [1.54, 1.807) is 0 Å². The molecule has 0 bridgehead atoms. The number of nitrogens with zero attached hydrogens (tertiary/aromatic N) is 2. The average Bonchev–Trinajstić information content (AvgIpc) is 2.26. The van der Waals surface area contributed by atoms with Gasteiger partial charge in [-0.15, -0.1) is 4.79 Å². The van der Waals surface area contributed by atoms with E-state index in [0.29, 0.717) is 5.69 Å². The summed E-state index contributed by atoms with van der Waals surface area (Å²) in [5.74, 6) is 0. The first kappa shape index (κ1) is 10.3. The van der Waals surface area contributed by atoms with Crippen molar-refractivity contribution in [1.29, 1.82) is 0 Å². The molecule has 1 aromatic carbocycles. The summed E-state index contributed by atoms with van der Waals surface area (Å²) in [5.41, 5.74) is 4.99. The van der Waals surface area contributed by atoms with Gasteiger partial charge in [0, 0.05) is 5.69 Å². The van der Waals surface area contributed by atoms with Crippen LogP contribution in [-0.2, 0) is 0 Å². The van der Waals surface area contributed by atoms with Gasteiger partial charge in [0.15, 0.2) is 0 Å². The topological polar surface area (TPSA) is 93.2 Å². The number of anilines is 1. The number of aromatic nitrogens is 2. The zero-order chi connectivity index (χ0) is 11.7. The maximum absolute atomic E-state index is 11.8. The highest BCUT2D eigenvalue weighted by atomic mass is 32.1. The molecule has 0 unspecified atom stereocenters. The van der Waals surface area contributed by atoms with E-state index in [2.05, 4.69) is 22.4 Å². The van der Waals surface area contributed by atoms with Crippen LogP contribution < -0.4 is 16.9 Å². The van der Waals surface area contributed by atoms with Gasteiger partial charge in [-0.3, -0.25) is 9.59 Å². The molecule has 0 radical (unpaired) electrons. The van der Waals surface area contributed by atoms with Crippen molar-refractivity contribution in [2.75, 3.05) is 5.73 Å². The van der Waals surface area contributed by atoms with E-state index in [9.17, 15) is 9.59 Å². The molecule has 0 amide bonds. The van der Waals surface area contributed by atoms with E-state index in [-0.39, 0.29) is 10.8 Å². The number of H-pyrrole nitrogens is 1. The van der Waals surface area contributed by atoms with Gasteiger partial charge in [-0.05, 0) is 30.4 Å². The summed E-state index contributed by atoms with van der Waals surface area (Å²) in [7, 11) is 0. The lowest BCUT2D eigenvalue weighted by Gasteiger charge is -2.00. The van der Waals surface area contributed by atoms with Crippen molar-refractivity contribution in [3.63, 3.8) is 0 Å². The normalized spacial score (nSPS) is 10.0. The molecule has 2 aromatic rings. The predicted octanol–water partition coefficient (Wildman–Crippen LogP) is 0.138. The van der Waals surface area contributed by atoms with Crippen molar-refractivity contribution in [3.05, 3.63) is 38.9 Å². The Hall–Kier alpha value is -2.24. The number of nitrogens with one attached hydrogen (secondary N) is 1. The largest absolute Gasteiger partial charge is 0.399 e. The molecule has 3 N–H and O–H groups in total. The van der Waals surface area contributed by atoms with Crippen molar-refractivity contribution in [1.82, 2.24) is 9.89 Å². The van der Waals surface area contributed by atoms with Crippen molar-refractivity contribution < 1.29 is 0 Å². The number of rotatable bonds is 1. The molecular weight excluding hydrogens is 228 g/mol. The minimum absolute atomic E-state index is 0.223. The molecule has 0 aliphatic rings. The first-order valence-corrected chi connectivity index (χ1v) is 4.67. The molecule has 0 spiro atoms. The van der Waals surface area contributed by atoms with Gasteiger partial charge in [0.25, 0.3) is 11.1 Å². The van der Waals surface area contributed by atoms with Crippen LogP contribution >= 0.6 is 12.2 Å². The number of hydrogen-bond acceptors (Lipinski definition) is 5. The summed E-state index contributed by atoms with van der Waals surface area (Å²) in [4.78, 5) is 24.1. The first-order chi connectivity index (χ1) is 7.63.